The molecule has 0 aromatic heterocycles. The van der Waals surface area contributed by atoms with E-state index in [9.17, 15) is 13.2 Å². The van der Waals surface area contributed by atoms with Gasteiger partial charge in [-0.05, 0) is 42.7 Å². The zero-order chi connectivity index (χ0) is 20.3. The van der Waals surface area contributed by atoms with Crippen LogP contribution in [-0.4, -0.2) is 67.7 Å². The third kappa shape index (κ3) is 4.52. The number of carbonyl (C=O) groups is 1. The van der Waals surface area contributed by atoms with Gasteiger partial charge in [-0.3, -0.25) is 9.69 Å². The number of rotatable bonds is 5. The number of piperazine rings is 1. The van der Waals surface area contributed by atoms with Crippen LogP contribution in [0.2, 0.25) is 0 Å². The molecule has 2 heterocycles. The van der Waals surface area contributed by atoms with E-state index in [4.69, 9.17) is 0 Å². The molecule has 0 bridgehead atoms. The Bertz CT molecular complexity index is 931. The molecule has 2 fully saturated rings. The molecule has 29 heavy (non-hydrogen) atoms. The molecular weight excluding hydrogens is 386 g/mol. The van der Waals surface area contributed by atoms with Crippen molar-refractivity contribution in [2.24, 2.45) is 0 Å². The van der Waals surface area contributed by atoms with Crippen LogP contribution in [0.25, 0.3) is 0 Å². The molecule has 6 nitrogen and oxygen atoms in total. The highest BCUT2D eigenvalue weighted by molar-refractivity contribution is 7.89. The summed E-state index contributed by atoms with van der Waals surface area (Å²) in [4.78, 5) is 17.3. The molecule has 0 atom stereocenters. The van der Waals surface area contributed by atoms with Gasteiger partial charge in [-0.25, -0.2) is 8.42 Å². The Labute approximate surface area is 172 Å². The first-order valence-corrected chi connectivity index (χ1v) is 11.6. The lowest BCUT2D eigenvalue weighted by atomic mass is 10.1. The van der Waals surface area contributed by atoms with Crippen LogP contribution in [0.5, 0.6) is 0 Å². The molecule has 0 saturated carbocycles. The molecule has 7 heteroatoms. The molecule has 2 aliphatic rings. The van der Waals surface area contributed by atoms with Gasteiger partial charge in [-0.1, -0.05) is 30.3 Å². The van der Waals surface area contributed by atoms with Crippen LogP contribution in [0.3, 0.4) is 0 Å². The first-order valence-electron chi connectivity index (χ1n) is 10.2. The number of hydrogen-bond donors (Lipinski definition) is 0. The van der Waals surface area contributed by atoms with E-state index in [0.717, 1.165) is 32.5 Å². The van der Waals surface area contributed by atoms with Crippen molar-refractivity contribution in [3.63, 3.8) is 0 Å². The number of carbonyl (C=O) groups excluding carboxylic acids is 1. The van der Waals surface area contributed by atoms with Gasteiger partial charge in [0.1, 0.15) is 0 Å². The number of nitrogens with zero attached hydrogens (tertiary/aromatic N) is 3. The minimum absolute atomic E-state index is 0.0329. The van der Waals surface area contributed by atoms with Gasteiger partial charge in [0.15, 0.2) is 0 Å². The molecule has 0 radical (unpaired) electrons. The van der Waals surface area contributed by atoms with Crippen molar-refractivity contribution in [3.8, 4) is 0 Å². The molecule has 2 aromatic carbocycles. The third-order valence-corrected chi connectivity index (χ3v) is 7.63. The average molecular weight is 414 g/mol. The Morgan fingerprint density at radius 2 is 1.41 bits per heavy atom. The topological polar surface area (TPSA) is 60.9 Å². The molecule has 2 saturated heterocycles. The van der Waals surface area contributed by atoms with Crippen molar-refractivity contribution in [2.75, 3.05) is 39.3 Å². The van der Waals surface area contributed by atoms with Gasteiger partial charge >= 0.3 is 0 Å². The number of benzene rings is 2. The van der Waals surface area contributed by atoms with Crippen LogP contribution >= 0.6 is 0 Å². The third-order valence-electron chi connectivity index (χ3n) is 5.71. The van der Waals surface area contributed by atoms with Crippen LogP contribution in [0.4, 0.5) is 0 Å². The van der Waals surface area contributed by atoms with Crippen LogP contribution in [0.15, 0.2) is 59.5 Å². The molecule has 0 aliphatic carbocycles. The lowest BCUT2D eigenvalue weighted by molar-refractivity contribution is 0.0628. The maximum absolute atomic E-state index is 12.8. The maximum Gasteiger partial charge on any atom is 0.253 e. The Hall–Kier alpha value is -2.22. The van der Waals surface area contributed by atoms with E-state index < -0.39 is 10.0 Å². The molecule has 2 aliphatic heterocycles. The van der Waals surface area contributed by atoms with Crippen LogP contribution < -0.4 is 0 Å². The normalized spacial score (nSPS) is 18.8. The quantitative estimate of drug-likeness (QED) is 0.755. The summed E-state index contributed by atoms with van der Waals surface area (Å²) in [5.74, 6) is -0.0329. The molecule has 1 amide bonds. The molecule has 0 spiro atoms. The first-order chi connectivity index (χ1) is 14.0. The summed E-state index contributed by atoms with van der Waals surface area (Å²) in [5.41, 5.74) is 1.82. The smallest absolute Gasteiger partial charge is 0.253 e. The van der Waals surface area contributed by atoms with Crippen molar-refractivity contribution in [1.29, 1.82) is 0 Å². The van der Waals surface area contributed by atoms with Gasteiger partial charge in [0.05, 0.1) is 4.90 Å². The Balaban J connectivity index is 1.35. The zero-order valence-electron chi connectivity index (χ0n) is 16.5. The fourth-order valence-corrected chi connectivity index (χ4v) is 5.50. The number of sulfonamides is 1. The van der Waals surface area contributed by atoms with Crippen LogP contribution in [-0.2, 0) is 16.6 Å². The predicted octanol–water partition coefficient (Wildman–Crippen LogP) is 2.43. The number of amides is 1. The van der Waals surface area contributed by atoms with E-state index in [1.54, 1.807) is 24.3 Å². The van der Waals surface area contributed by atoms with Crippen LogP contribution in [0.1, 0.15) is 28.8 Å². The maximum atomic E-state index is 12.8. The summed E-state index contributed by atoms with van der Waals surface area (Å²) in [6.45, 7) is 5.08. The van der Waals surface area contributed by atoms with E-state index in [1.807, 2.05) is 23.1 Å². The van der Waals surface area contributed by atoms with E-state index in [0.29, 0.717) is 31.7 Å². The summed E-state index contributed by atoms with van der Waals surface area (Å²) in [7, 11) is -3.44. The number of hydrogen-bond acceptors (Lipinski definition) is 4. The summed E-state index contributed by atoms with van der Waals surface area (Å²) in [6, 6.07) is 16.8. The molecule has 0 unspecified atom stereocenters. The first kappa shape index (κ1) is 20.1. The summed E-state index contributed by atoms with van der Waals surface area (Å²) in [5, 5.41) is 0. The lowest BCUT2D eigenvalue weighted by Gasteiger charge is -2.34. The van der Waals surface area contributed by atoms with Gasteiger partial charge in [0.2, 0.25) is 10.0 Å². The molecule has 0 N–H and O–H groups in total. The summed E-state index contributed by atoms with van der Waals surface area (Å²) < 4.78 is 26.8. The predicted molar refractivity (Wildman–Crippen MR) is 112 cm³/mol. The summed E-state index contributed by atoms with van der Waals surface area (Å²) in [6.07, 6.45) is 1.82. The van der Waals surface area contributed by atoms with Gasteiger partial charge < -0.3 is 4.90 Å². The monoisotopic (exact) mass is 413 g/mol. The molecular formula is C22H27N3O3S. The standard InChI is InChI=1S/C22H27N3O3S/c26-22(24-16-14-23(15-17-24)18-19-6-2-1-3-7-19)20-8-10-21(11-9-20)29(27,28)25-12-4-5-13-25/h1-3,6-11H,4-5,12-18H2. The van der Waals surface area contributed by atoms with Gasteiger partial charge in [-0.2, -0.15) is 4.31 Å². The lowest BCUT2D eigenvalue weighted by Crippen LogP contribution is -2.48. The average Bonchev–Trinajstić information content (AvgIpc) is 3.31. The molecule has 154 valence electrons. The van der Waals surface area contributed by atoms with E-state index >= 15 is 0 Å². The minimum Gasteiger partial charge on any atom is -0.336 e. The second-order valence-electron chi connectivity index (χ2n) is 7.69. The van der Waals surface area contributed by atoms with E-state index in [1.165, 1.54) is 9.87 Å². The molecule has 4 rings (SSSR count). The van der Waals surface area contributed by atoms with Crippen LogP contribution in [0, 0.1) is 0 Å². The minimum atomic E-state index is -3.44. The second kappa shape index (κ2) is 8.65. The highest BCUT2D eigenvalue weighted by Gasteiger charge is 2.28. The Kier molecular flexibility index (Phi) is 5.99. The van der Waals surface area contributed by atoms with Gasteiger partial charge in [0, 0.05) is 51.4 Å². The van der Waals surface area contributed by atoms with Crippen molar-refractivity contribution >= 4 is 15.9 Å². The SMILES string of the molecule is O=C(c1ccc(S(=O)(=O)N2CCCC2)cc1)N1CCN(Cc2ccccc2)CC1. The van der Waals surface area contributed by atoms with Crippen molar-refractivity contribution in [3.05, 3.63) is 65.7 Å². The van der Waals surface area contributed by atoms with E-state index in [-0.39, 0.29) is 10.8 Å². The van der Waals surface area contributed by atoms with Crippen molar-refractivity contribution < 1.29 is 13.2 Å². The van der Waals surface area contributed by atoms with Crippen molar-refractivity contribution in [2.45, 2.75) is 24.3 Å². The fraction of sp³-hybridized carbons (Fsp3) is 0.409. The second-order valence-corrected chi connectivity index (χ2v) is 9.63. The van der Waals surface area contributed by atoms with Crippen molar-refractivity contribution in [1.82, 2.24) is 14.1 Å². The van der Waals surface area contributed by atoms with Gasteiger partial charge in [-0.15, -0.1) is 0 Å². The zero-order valence-corrected chi connectivity index (χ0v) is 17.4. The highest BCUT2D eigenvalue weighted by atomic mass is 32.2. The van der Waals surface area contributed by atoms with E-state index in [2.05, 4.69) is 17.0 Å². The highest BCUT2D eigenvalue weighted by Crippen LogP contribution is 2.21. The fourth-order valence-electron chi connectivity index (χ4n) is 3.98. The Morgan fingerprint density at radius 3 is 2.03 bits per heavy atom. The largest absolute Gasteiger partial charge is 0.336 e. The Morgan fingerprint density at radius 1 is 0.793 bits per heavy atom. The molecule has 2 aromatic rings. The van der Waals surface area contributed by atoms with Gasteiger partial charge in [0.25, 0.3) is 5.91 Å². The summed E-state index contributed by atoms with van der Waals surface area (Å²) >= 11 is 0.